The smallest absolute Gasteiger partial charge is 0.305 e. The molecule has 6 nitrogen and oxygen atoms in total. The minimum absolute atomic E-state index is 0.0254. The van der Waals surface area contributed by atoms with E-state index in [-0.39, 0.29) is 18.9 Å². The van der Waals surface area contributed by atoms with Crippen molar-refractivity contribution in [1.82, 2.24) is 0 Å². The van der Waals surface area contributed by atoms with E-state index >= 15 is 0 Å². The van der Waals surface area contributed by atoms with Gasteiger partial charge in [0.1, 0.15) is 0 Å². The molecular weight excluding hydrogens is 224 g/mol. The van der Waals surface area contributed by atoms with Gasteiger partial charge in [-0.2, -0.15) is 0 Å². The highest BCUT2D eigenvalue weighted by Crippen LogP contribution is 2.06. The molecule has 1 rings (SSSR count). The van der Waals surface area contributed by atoms with Crippen molar-refractivity contribution in [2.24, 2.45) is 10.9 Å². The van der Waals surface area contributed by atoms with Gasteiger partial charge in [-0.3, -0.25) is 4.79 Å². The van der Waals surface area contributed by atoms with Crippen molar-refractivity contribution < 1.29 is 19.8 Å². The summed E-state index contributed by atoms with van der Waals surface area (Å²) < 4.78 is 5.17. The monoisotopic (exact) mass is 238 g/mol. The number of hydrogen-bond donors (Lipinski definition) is 3. The summed E-state index contributed by atoms with van der Waals surface area (Å²) >= 11 is 0. The molecule has 0 amide bonds. The highest BCUT2D eigenvalue weighted by molar-refractivity contribution is 5.97. The number of rotatable bonds is 6. The third-order valence-electron chi connectivity index (χ3n) is 2.06. The Morgan fingerprint density at radius 2 is 2.24 bits per heavy atom. The van der Waals surface area contributed by atoms with E-state index < -0.39 is 5.97 Å². The summed E-state index contributed by atoms with van der Waals surface area (Å²) in [7, 11) is 0. The van der Waals surface area contributed by atoms with E-state index in [1.54, 1.807) is 18.2 Å². The second-order valence-electron chi connectivity index (χ2n) is 3.38. The van der Waals surface area contributed by atoms with Gasteiger partial charge in [0.05, 0.1) is 19.6 Å². The third-order valence-corrected chi connectivity index (χ3v) is 2.06. The molecule has 17 heavy (non-hydrogen) atoms. The average molecular weight is 238 g/mol. The fourth-order valence-electron chi connectivity index (χ4n) is 1.23. The molecular formula is C11H14N2O4. The van der Waals surface area contributed by atoms with E-state index in [0.29, 0.717) is 12.2 Å². The first-order chi connectivity index (χ1) is 8.13. The van der Waals surface area contributed by atoms with Crippen molar-refractivity contribution in [1.29, 1.82) is 0 Å². The quantitative estimate of drug-likeness (QED) is 0.223. The molecule has 1 aromatic rings. The maximum atomic E-state index is 10.3. The van der Waals surface area contributed by atoms with Crippen LogP contribution in [0.5, 0.6) is 0 Å². The van der Waals surface area contributed by atoms with E-state index in [1.807, 2.05) is 6.07 Å². The average Bonchev–Trinajstić information content (AvgIpc) is 2.34. The number of nitrogens with two attached hydrogens (primary N) is 1. The lowest BCUT2D eigenvalue weighted by Gasteiger charge is -2.05. The van der Waals surface area contributed by atoms with E-state index in [0.717, 1.165) is 5.56 Å². The molecule has 0 spiro atoms. The molecule has 0 aliphatic heterocycles. The second kappa shape index (κ2) is 6.49. The van der Waals surface area contributed by atoms with E-state index in [2.05, 4.69) is 5.16 Å². The van der Waals surface area contributed by atoms with Crippen molar-refractivity contribution in [2.75, 3.05) is 6.61 Å². The zero-order chi connectivity index (χ0) is 12.7. The van der Waals surface area contributed by atoms with Crippen LogP contribution in [-0.4, -0.2) is 28.7 Å². The minimum Gasteiger partial charge on any atom is -0.481 e. The van der Waals surface area contributed by atoms with Crippen LogP contribution in [0.25, 0.3) is 0 Å². The Morgan fingerprint density at radius 1 is 1.47 bits per heavy atom. The topological polar surface area (TPSA) is 105 Å². The van der Waals surface area contributed by atoms with Crippen LogP contribution in [0, 0.1) is 0 Å². The summed E-state index contributed by atoms with van der Waals surface area (Å²) in [6.07, 6.45) is -0.0278. The lowest BCUT2D eigenvalue weighted by atomic mass is 10.1. The van der Waals surface area contributed by atoms with Crippen LogP contribution in [0.4, 0.5) is 0 Å². The highest BCUT2D eigenvalue weighted by atomic mass is 16.5. The zero-order valence-electron chi connectivity index (χ0n) is 9.17. The standard InChI is InChI=1S/C11H14N2O4/c12-11(13-16)9-3-1-2-8(6-9)7-17-5-4-10(14)15/h1-3,6,16H,4-5,7H2,(H2,12,13)(H,14,15). The first-order valence-corrected chi connectivity index (χ1v) is 5.00. The van der Waals surface area contributed by atoms with Gasteiger partial charge in [-0.1, -0.05) is 23.4 Å². The molecule has 1 aromatic carbocycles. The summed E-state index contributed by atoms with van der Waals surface area (Å²) in [6, 6.07) is 6.99. The number of benzene rings is 1. The predicted octanol–water partition coefficient (Wildman–Crippen LogP) is 0.772. The zero-order valence-corrected chi connectivity index (χ0v) is 9.17. The van der Waals surface area contributed by atoms with Crippen LogP contribution in [-0.2, 0) is 16.1 Å². The fraction of sp³-hybridized carbons (Fsp3) is 0.273. The van der Waals surface area contributed by atoms with Crippen LogP contribution in [0.3, 0.4) is 0 Å². The lowest BCUT2D eigenvalue weighted by molar-refractivity contribution is -0.138. The molecule has 0 aliphatic carbocycles. The SMILES string of the molecule is N/C(=N\O)c1cccc(COCCC(=O)O)c1. The first-order valence-electron chi connectivity index (χ1n) is 5.00. The molecule has 92 valence electrons. The number of carboxylic acid groups (broad SMARTS) is 1. The number of aliphatic carboxylic acids is 1. The number of carbonyl (C=O) groups is 1. The van der Waals surface area contributed by atoms with Crippen LogP contribution in [0.2, 0.25) is 0 Å². The summed E-state index contributed by atoms with van der Waals surface area (Å²) in [5, 5.41) is 19.8. The molecule has 0 radical (unpaired) electrons. The molecule has 0 aliphatic rings. The number of oxime groups is 1. The molecule has 0 aromatic heterocycles. The maximum absolute atomic E-state index is 10.3. The van der Waals surface area contributed by atoms with E-state index in [4.69, 9.17) is 20.8 Å². The van der Waals surface area contributed by atoms with Crippen LogP contribution in [0.15, 0.2) is 29.4 Å². The number of ether oxygens (including phenoxy) is 1. The van der Waals surface area contributed by atoms with Gasteiger partial charge in [-0.25, -0.2) is 0 Å². The van der Waals surface area contributed by atoms with Gasteiger partial charge >= 0.3 is 5.97 Å². The minimum atomic E-state index is -0.893. The molecule has 0 fully saturated rings. The van der Waals surface area contributed by atoms with E-state index in [1.165, 1.54) is 0 Å². The molecule has 0 atom stereocenters. The summed E-state index contributed by atoms with van der Waals surface area (Å²) in [5.74, 6) is -0.868. The summed E-state index contributed by atoms with van der Waals surface area (Å²) in [4.78, 5) is 10.3. The van der Waals surface area contributed by atoms with Crippen LogP contribution < -0.4 is 5.73 Å². The second-order valence-corrected chi connectivity index (χ2v) is 3.38. The molecule has 0 saturated heterocycles. The molecule has 4 N–H and O–H groups in total. The van der Waals surface area contributed by atoms with Crippen LogP contribution in [0.1, 0.15) is 17.5 Å². The molecule has 0 saturated carbocycles. The Hall–Kier alpha value is -2.08. The number of carboxylic acids is 1. The predicted molar refractivity (Wildman–Crippen MR) is 60.9 cm³/mol. The molecule has 0 heterocycles. The Bertz CT molecular complexity index is 418. The van der Waals surface area contributed by atoms with Gasteiger partial charge in [0, 0.05) is 5.56 Å². The van der Waals surface area contributed by atoms with Crippen LogP contribution >= 0.6 is 0 Å². The van der Waals surface area contributed by atoms with Gasteiger partial charge in [-0.15, -0.1) is 0 Å². The maximum Gasteiger partial charge on any atom is 0.305 e. The molecule has 6 heteroatoms. The van der Waals surface area contributed by atoms with E-state index in [9.17, 15) is 4.79 Å². The first kappa shape index (κ1) is 13.0. The van der Waals surface area contributed by atoms with Crippen molar-refractivity contribution in [2.45, 2.75) is 13.0 Å². The highest BCUT2D eigenvalue weighted by Gasteiger charge is 2.01. The van der Waals surface area contributed by atoms with Crippen molar-refractivity contribution in [3.8, 4) is 0 Å². The lowest BCUT2D eigenvalue weighted by Crippen LogP contribution is -2.13. The molecule has 0 unspecified atom stereocenters. The van der Waals surface area contributed by atoms with Crippen molar-refractivity contribution in [3.05, 3.63) is 35.4 Å². The summed E-state index contributed by atoms with van der Waals surface area (Å²) in [5.41, 5.74) is 6.86. The largest absolute Gasteiger partial charge is 0.481 e. The van der Waals surface area contributed by atoms with Gasteiger partial charge in [-0.05, 0) is 11.6 Å². The number of amidine groups is 1. The van der Waals surface area contributed by atoms with Gasteiger partial charge in [0.25, 0.3) is 0 Å². The van der Waals surface area contributed by atoms with Gasteiger partial charge < -0.3 is 20.8 Å². The number of hydrogen-bond acceptors (Lipinski definition) is 4. The third kappa shape index (κ3) is 4.52. The summed E-state index contributed by atoms with van der Waals surface area (Å²) in [6.45, 7) is 0.447. The van der Waals surface area contributed by atoms with Gasteiger partial charge in [0.2, 0.25) is 0 Å². The molecule has 0 bridgehead atoms. The van der Waals surface area contributed by atoms with Crippen molar-refractivity contribution in [3.63, 3.8) is 0 Å². The Labute approximate surface area is 98.3 Å². The fourth-order valence-corrected chi connectivity index (χ4v) is 1.23. The Kier molecular flexibility index (Phi) is 4.96. The normalized spacial score (nSPS) is 11.4. The van der Waals surface area contributed by atoms with Gasteiger partial charge in [0.15, 0.2) is 5.84 Å². The van der Waals surface area contributed by atoms with Crippen molar-refractivity contribution >= 4 is 11.8 Å². The Balaban J connectivity index is 2.51. The number of nitrogens with zero attached hydrogens (tertiary/aromatic N) is 1. The Morgan fingerprint density at radius 3 is 2.88 bits per heavy atom.